The molecule has 1 aliphatic rings. The van der Waals surface area contributed by atoms with Crippen molar-refractivity contribution in [2.24, 2.45) is 5.73 Å². The minimum atomic E-state index is -0.841. The molecule has 2 aromatic carbocycles. The maximum absolute atomic E-state index is 10.8. The molecule has 0 aromatic heterocycles. The monoisotopic (exact) mass is 300 g/mol. The Morgan fingerprint density at radius 1 is 1.32 bits per heavy atom. The molecule has 3 rings (SSSR count). The lowest BCUT2D eigenvalue weighted by molar-refractivity contribution is 0.163. The minimum absolute atomic E-state index is 0.0483. The summed E-state index contributed by atoms with van der Waals surface area (Å²) in [6, 6.07) is 12.9. The third kappa shape index (κ3) is 2.38. The van der Waals surface area contributed by atoms with Crippen molar-refractivity contribution in [3.05, 3.63) is 53.6 Å². The Morgan fingerprint density at radius 3 is 2.82 bits per heavy atom. The maximum Gasteiger partial charge on any atom is 0.160 e. The fraction of sp³-hybridized carbons (Fsp3) is 0.294. The van der Waals surface area contributed by atoms with Crippen molar-refractivity contribution in [3.8, 4) is 11.5 Å². The molecule has 4 N–H and O–H groups in total. The van der Waals surface area contributed by atoms with E-state index < -0.39 is 6.23 Å². The number of fused-ring (bicyclic) bond motifs is 1. The van der Waals surface area contributed by atoms with Crippen molar-refractivity contribution in [1.82, 2.24) is 0 Å². The number of ether oxygens (including phenoxy) is 1. The maximum atomic E-state index is 10.8. The Labute approximate surface area is 129 Å². The van der Waals surface area contributed by atoms with Crippen LogP contribution < -0.4 is 15.4 Å². The second-order valence-electron chi connectivity index (χ2n) is 5.43. The number of benzene rings is 2. The normalized spacial score (nSPS) is 18.1. The molecule has 0 amide bonds. The Hall–Kier alpha value is -2.24. The first-order valence-corrected chi connectivity index (χ1v) is 7.27. The number of para-hydroxylation sites is 1. The summed E-state index contributed by atoms with van der Waals surface area (Å²) in [7, 11) is 1.49. The van der Waals surface area contributed by atoms with Gasteiger partial charge in [0.05, 0.1) is 7.11 Å². The Kier molecular flexibility index (Phi) is 3.92. The summed E-state index contributed by atoms with van der Waals surface area (Å²) >= 11 is 0. The van der Waals surface area contributed by atoms with Crippen LogP contribution in [-0.2, 0) is 6.42 Å². The fourth-order valence-corrected chi connectivity index (χ4v) is 3.03. The summed E-state index contributed by atoms with van der Waals surface area (Å²) in [5.74, 6) is 0.393. The van der Waals surface area contributed by atoms with Crippen molar-refractivity contribution in [2.75, 3.05) is 18.6 Å². The molecule has 0 aliphatic carbocycles. The molecule has 1 heterocycles. The first-order chi connectivity index (χ1) is 10.7. The van der Waals surface area contributed by atoms with Crippen molar-refractivity contribution in [1.29, 1.82) is 0 Å². The van der Waals surface area contributed by atoms with Crippen LogP contribution in [0, 0.1) is 0 Å². The predicted molar refractivity (Wildman–Crippen MR) is 85.1 cm³/mol. The second-order valence-corrected chi connectivity index (χ2v) is 5.43. The van der Waals surface area contributed by atoms with E-state index in [0.717, 1.165) is 12.1 Å². The molecule has 0 bridgehead atoms. The second kappa shape index (κ2) is 5.87. The van der Waals surface area contributed by atoms with Gasteiger partial charge in [0, 0.05) is 23.8 Å². The molecule has 1 aliphatic heterocycles. The highest BCUT2D eigenvalue weighted by Gasteiger charge is 2.33. The SMILES string of the molecule is COc1cc(C(O)N2c3ccccc3C[C@H]2CN)ccc1O. The van der Waals surface area contributed by atoms with Crippen molar-refractivity contribution < 1.29 is 14.9 Å². The van der Waals surface area contributed by atoms with E-state index in [2.05, 4.69) is 6.07 Å². The molecule has 5 heteroatoms. The fourth-order valence-electron chi connectivity index (χ4n) is 3.03. The van der Waals surface area contributed by atoms with Crippen molar-refractivity contribution >= 4 is 5.69 Å². The van der Waals surface area contributed by atoms with E-state index in [1.165, 1.54) is 18.7 Å². The van der Waals surface area contributed by atoms with Gasteiger partial charge in [0.25, 0.3) is 0 Å². The molecule has 0 saturated heterocycles. The summed E-state index contributed by atoms with van der Waals surface area (Å²) in [4.78, 5) is 1.93. The number of aliphatic hydroxyl groups is 1. The molecular formula is C17H20N2O3. The number of aliphatic hydroxyl groups excluding tert-OH is 1. The predicted octanol–water partition coefficient (Wildman–Crippen LogP) is 1.78. The Balaban J connectivity index is 1.98. The van der Waals surface area contributed by atoms with E-state index in [-0.39, 0.29) is 11.8 Å². The van der Waals surface area contributed by atoms with Gasteiger partial charge in [-0.2, -0.15) is 0 Å². The molecule has 5 nitrogen and oxygen atoms in total. The van der Waals surface area contributed by atoms with Crippen LogP contribution in [0.2, 0.25) is 0 Å². The number of nitrogens with two attached hydrogens (primary N) is 1. The molecule has 0 radical (unpaired) electrons. The van der Waals surface area contributed by atoms with Gasteiger partial charge >= 0.3 is 0 Å². The van der Waals surface area contributed by atoms with Gasteiger partial charge in [0.2, 0.25) is 0 Å². The average Bonchev–Trinajstić information content (AvgIpc) is 2.93. The third-order valence-corrected chi connectivity index (χ3v) is 4.16. The molecule has 116 valence electrons. The van der Waals surface area contributed by atoms with E-state index in [9.17, 15) is 10.2 Å². The van der Waals surface area contributed by atoms with Gasteiger partial charge in [-0.3, -0.25) is 0 Å². The summed E-state index contributed by atoms with van der Waals surface area (Å²) in [6.45, 7) is 0.459. The molecule has 1 unspecified atom stereocenters. The number of hydrogen-bond acceptors (Lipinski definition) is 5. The van der Waals surface area contributed by atoms with Gasteiger partial charge in [-0.1, -0.05) is 24.3 Å². The van der Waals surface area contributed by atoms with E-state index in [1.807, 2.05) is 23.1 Å². The van der Waals surface area contributed by atoms with Crippen LogP contribution in [0.15, 0.2) is 42.5 Å². The van der Waals surface area contributed by atoms with Crippen LogP contribution in [0.1, 0.15) is 17.4 Å². The number of phenolic OH excluding ortho intramolecular Hbond substituents is 1. The summed E-state index contributed by atoms with van der Waals surface area (Å²) in [6.07, 6.45) is -0.0226. The summed E-state index contributed by atoms with van der Waals surface area (Å²) < 4.78 is 5.12. The highest BCUT2D eigenvalue weighted by molar-refractivity contribution is 5.61. The van der Waals surface area contributed by atoms with Gasteiger partial charge in [-0.05, 0) is 30.2 Å². The quantitative estimate of drug-likeness (QED) is 0.802. The van der Waals surface area contributed by atoms with Crippen LogP contribution >= 0.6 is 0 Å². The average molecular weight is 300 g/mol. The number of aromatic hydroxyl groups is 1. The number of anilines is 1. The number of rotatable bonds is 4. The molecule has 2 atom stereocenters. The van der Waals surface area contributed by atoms with Crippen LogP contribution in [0.3, 0.4) is 0 Å². The smallest absolute Gasteiger partial charge is 0.160 e. The molecule has 0 saturated carbocycles. The third-order valence-electron chi connectivity index (χ3n) is 4.16. The topological polar surface area (TPSA) is 79.0 Å². The van der Waals surface area contributed by atoms with E-state index in [4.69, 9.17) is 10.5 Å². The van der Waals surface area contributed by atoms with Crippen molar-refractivity contribution in [3.63, 3.8) is 0 Å². The highest BCUT2D eigenvalue weighted by atomic mass is 16.5. The molecule has 2 aromatic rings. The highest BCUT2D eigenvalue weighted by Crippen LogP contribution is 2.39. The number of hydrogen-bond donors (Lipinski definition) is 3. The molecule has 0 spiro atoms. The number of methoxy groups -OCH3 is 1. The van der Waals surface area contributed by atoms with Crippen LogP contribution in [0.25, 0.3) is 0 Å². The zero-order valence-corrected chi connectivity index (χ0v) is 12.4. The lowest BCUT2D eigenvalue weighted by Gasteiger charge is -2.32. The van der Waals surface area contributed by atoms with Gasteiger partial charge in [-0.25, -0.2) is 0 Å². The summed E-state index contributed by atoms with van der Waals surface area (Å²) in [5, 5.41) is 20.5. The van der Waals surface area contributed by atoms with Crippen LogP contribution in [0.5, 0.6) is 11.5 Å². The van der Waals surface area contributed by atoms with Gasteiger partial charge in [-0.15, -0.1) is 0 Å². The van der Waals surface area contributed by atoms with E-state index in [0.29, 0.717) is 17.9 Å². The van der Waals surface area contributed by atoms with E-state index >= 15 is 0 Å². The zero-order chi connectivity index (χ0) is 15.7. The standard InChI is InChI=1S/C17H20N2O3/c1-22-16-9-12(6-7-15(16)20)17(21)19-13(10-18)8-11-4-2-3-5-14(11)19/h2-7,9,13,17,20-21H,8,10,18H2,1H3/t13-,17?/m0/s1. The minimum Gasteiger partial charge on any atom is -0.504 e. The zero-order valence-electron chi connectivity index (χ0n) is 12.4. The van der Waals surface area contributed by atoms with Crippen LogP contribution in [-0.4, -0.2) is 29.9 Å². The first kappa shape index (κ1) is 14.7. The lowest BCUT2D eigenvalue weighted by atomic mass is 10.1. The van der Waals surface area contributed by atoms with Gasteiger partial charge in [0.15, 0.2) is 17.7 Å². The van der Waals surface area contributed by atoms with Crippen molar-refractivity contribution in [2.45, 2.75) is 18.7 Å². The molecule has 0 fully saturated rings. The molecular weight excluding hydrogens is 280 g/mol. The first-order valence-electron chi connectivity index (χ1n) is 7.27. The van der Waals surface area contributed by atoms with Gasteiger partial charge in [0.1, 0.15) is 0 Å². The largest absolute Gasteiger partial charge is 0.504 e. The van der Waals surface area contributed by atoms with Gasteiger partial charge < -0.3 is 25.6 Å². The Bertz CT molecular complexity index is 675. The number of nitrogens with zero attached hydrogens (tertiary/aromatic N) is 1. The molecule has 22 heavy (non-hydrogen) atoms. The number of phenols is 1. The Morgan fingerprint density at radius 2 is 2.09 bits per heavy atom. The van der Waals surface area contributed by atoms with E-state index in [1.54, 1.807) is 12.1 Å². The summed E-state index contributed by atoms with van der Waals surface area (Å²) in [5.41, 5.74) is 8.72. The van der Waals surface area contributed by atoms with Crippen LogP contribution in [0.4, 0.5) is 5.69 Å². The lowest BCUT2D eigenvalue weighted by Crippen LogP contribution is -2.40.